The second kappa shape index (κ2) is 6.29. The monoisotopic (exact) mass is 366 g/mol. The molecular weight excluding hydrogens is 352 g/mol. The first-order chi connectivity index (χ1) is 10.2. The first kappa shape index (κ1) is 14.7. The number of fused-ring (bicyclic) bond motifs is 1. The maximum atomic E-state index is 6.22. The highest BCUT2D eigenvalue weighted by molar-refractivity contribution is 9.09. The van der Waals surface area contributed by atoms with Gasteiger partial charge in [-0.1, -0.05) is 39.7 Å². The summed E-state index contributed by atoms with van der Waals surface area (Å²) in [4.78, 5) is 0.177. The van der Waals surface area contributed by atoms with Crippen molar-refractivity contribution in [3.05, 3.63) is 58.1 Å². The first-order valence-electron chi connectivity index (χ1n) is 6.89. The Hall–Kier alpha value is -1.19. The van der Waals surface area contributed by atoms with E-state index in [9.17, 15) is 0 Å². The van der Waals surface area contributed by atoms with Crippen LogP contribution in [-0.2, 0) is 12.8 Å². The summed E-state index contributed by atoms with van der Waals surface area (Å²) in [6, 6.07) is 12.1. The van der Waals surface area contributed by atoms with Crippen LogP contribution in [0.4, 0.5) is 0 Å². The molecule has 1 aliphatic heterocycles. The molecule has 2 aromatic carbocycles. The van der Waals surface area contributed by atoms with Gasteiger partial charge >= 0.3 is 0 Å². The third kappa shape index (κ3) is 3.19. The lowest BCUT2D eigenvalue weighted by Gasteiger charge is -2.15. The average Bonchev–Trinajstić information content (AvgIpc) is 2.95. The molecule has 110 valence electrons. The van der Waals surface area contributed by atoms with Crippen molar-refractivity contribution >= 4 is 27.5 Å². The number of halogens is 2. The summed E-state index contributed by atoms with van der Waals surface area (Å²) in [6.45, 7) is 0.741. The van der Waals surface area contributed by atoms with Gasteiger partial charge in [-0.2, -0.15) is 0 Å². The molecule has 0 radical (unpaired) electrons. The Labute approximate surface area is 138 Å². The number of hydrogen-bond donors (Lipinski definition) is 0. The highest BCUT2D eigenvalue weighted by atomic mass is 79.9. The second-order valence-corrected chi connectivity index (χ2v) is 6.64. The van der Waals surface area contributed by atoms with E-state index in [1.54, 1.807) is 7.11 Å². The standard InChI is InChI=1S/C17H16BrClO2/c1-20-14-4-2-11(3-5-14)8-16(18)15-10-13(19)9-12-6-7-21-17(12)15/h2-5,9-10,16H,6-8H2,1H3. The van der Waals surface area contributed by atoms with Crippen molar-refractivity contribution in [2.24, 2.45) is 0 Å². The third-order valence-electron chi connectivity index (χ3n) is 3.69. The summed E-state index contributed by atoms with van der Waals surface area (Å²) >= 11 is 10.00. The van der Waals surface area contributed by atoms with Crippen molar-refractivity contribution in [3.63, 3.8) is 0 Å². The van der Waals surface area contributed by atoms with E-state index >= 15 is 0 Å². The zero-order valence-electron chi connectivity index (χ0n) is 11.7. The largest absolute Gasteiger partial charge is 0.497 e. The Morgan fingerprint density at radius 3 is 2.76 bits per heavy atom. The Balaban J connectivity index is 1.83. The summed E-state index contributed by atoms with van der Waals surface area (Å²) in [5.74, 6) is 1.87. The van der Waals surface area contributed by atoms with E-state index in [1.807, 2.05) is 24.3 Å². The van der Waals surface area contributed by atoms with Crippen LogP contribution in [0.15, 0.2) is 36.4 Å². The van der Waals surface area contributed by atoms with Gasteiger partial charge in [-0.05, 0) is 41.8 Å². The lowest BCUT2D eigenvalue weighted by molar-refractivity contribution is 0.353. The van der Waals surface area contributed by atoms with Crippen LogP contribution < -0.4 is 9.47 Å². The molecule has 2 aromatic rings. The topological polar surface area (TPSA) is 18.5 Å². The minimum absolute atomic E-state index is 0.177. The van der Waals surface area contributed by atoms with Gasteiger partial charge in [0, 0.05) is 21.8 Å². The predicted molar refractivity (Wildman–Crippen MR) is 89.0 cm³/mol. The highest BCUT2D eigenvalue weighted by Gasteiger charge is 2.22. The van der Waals surface area contributed by atoms with Gasteiger partial charge in [-0.3, -0.25) is 0 Å². The Morgan fingerprint density at radius 1 is 1.29 bits per heavy atom. The SMILES string of the molecule is COc1ccc(CC(Br)c2cc(Cl)cc3c2OCC3)cc1. The summed E-state index contributed by atoms with van der Waals surface area (Å²) < 4.78 is 11.0. The van der Waals surface area contributed by atoms with Gasteiger partial charge in [-0.15, -0.1) is 0 Å². The average molecular weight is 368 g/mol. The van der Waals surface area contributed by atoms with Gasteiger partial charge in [-0.25, -0.2) is 0 Å². The van der Waals surface area contributed by atoms with E-state index in [1.165, 1.54) is 11.1 Å². The molecule has 21 heavy (non-hydrogen) atoms. The maximum absolute atomic E-state index is 6.22. The Bertz CT molecular complexity index is 640. The molecule has 0 amide bonds. The van der Waals surface area contributed by atoms with E-state index in [2.05, 4.69) is 28.1 Å². The first-order valence-corrected chi connectivity index (χ1v) is 8.19. The fraction of sp³-hybridized carbons (Fsp3) is 0.294. The molecule has 0 aromatic heterocycles. The van der Waals surface area contributed by atoms with Crippen LogP contribution in [0.1, 0.15) is 21.5 Å². The molecule has 0 aliphatic carbocycles. The zero-order valence-corrected chi connectivity index (χ0v) is 14.1. The summed E-state index contributed by atoms with van der Waals surface area (Å²) in [6.07, 6.45) is 1.81. The molecule has 4 heteroatoms. The molecule has 3 rings (SSSR count). The van der Waals surface area contributed by atoms with Crippen molar-refractivity contribution < 1.29 is 9.47 Å². The lowest BCUT2D eigenvalue weighted by atomic mass is 10.0. The van der Waals surface area contributed by atoms with Crippen LogP contribution in [0.3, 0.4) is 0 Å². The fourth-order valence-corrected chi connectivity index (χ4v) is 3.57. The van der Waals surface area contributed by atoms with Crippen LogP contribution in [0.25, 0.3) is 0 Å². The van der Waals surface area contributed by atoms with E-state index < -0.39 is 0 Å². The van der Waals surface area contributed by atoms with Crippen molar-refractivity contribution in [2.45, 2.75) is 17.7 Å². The predicted octanol–water partition coefficient (Wildman–Crippen LogP) is 4.96. The van der Waals surface area contributed by atoms with Gasteiger partial charge in [0.1, 0.15) is 11.5 Å². The van der Waals surface area contributed by atoms with Crippen molar-refractivity contribution in [3.8, 4) is 11.5 Å². The van der Waals surface area contributed by atoms with E-state index in [0.717, 1.165) is 41.5 Å². The quantitative estimate of drug-likeness (QED) is 0.711. The highest BCUT2D eigenvalue weighted by Crippen LogP contribution is 2.40. The third-order valence-corrected chi connectivity index (χ3v) is 4.72. The Kier molecular flexibility index (Phi) is 4.41. The van der Waals surface area contributed by atoms with Crippen LogP contribution >= 0.6 is 27.5 Å². The molecule has 0 bridgehead atoms. The maximum Gasteiger partial charge on any atom is 0.127 e. The number of alkyl halides is 1. The molecule has 0 N–H and O–H groups in total. The van der Waals surface area contributed by atoms with Crippen molar-refractivity contribution in [2.75, 3.05) is 13.7 Å². The summed E-state index contributed by atoms with van der Waals surface area (Å²) in [7, 11) is 1.68. The van der Waals surface area contributed by atoms with E-state index in [0.29, 0.717) is 0 Å². The molecule has 1 heterocycles. The normalized spacial score (nSPS) is 14.4. The number of ether oxygens (including phenoxy) is 2. The minimum Gasteiger partial charge on any atom is -0.497 e. The number of benzene rings is 2. The molecule has 0 saturated heterocycles. The van der Waals surface area contributed by atoms with E-state index in [4.69, 9.17) is 21.1 Å². The van der Waals surface area contributed by atoms with Crippen molar-refractivity contribution in [1.29, 1.82) is 0 Å². The minimum atomic E-state index is 0.177. The van der Waals surface area contributed by atoms with Crippen LogP contribution in [0.5, 0.6) is 11.5 Å². The molecule has 1 aliphatic rings. The smallest absolute Gasteiger partial charge is 0.127 e. The lowest BCUT2D eigenvalue weighted by Crippen LogP contribution is -1.99. The molecule has 2 nitrogen and oxygen atoms in total. The number of rotatable bonds is 4. The van der Waals surface area contributed by atoms with Gasteiger partial charge < -0.3 is 9.47 Å². The van der Waals surface area contributed by atoms with E-state index in [-0.39, 0.29) is 4.83 Å². The van der Waals surface area contributed by atoms with Gasteiger partial charge in [0.05, 0.1) is 13.7 Å². The number of hydrogen-bond acceptors (Lipinski definition) is 2. The van der Waals surface area contributed by atoms with Crippen LogP contribution in [-0.4, -0.2) is 13.7 Å². The molecule has 0 saturated carbocycles. The fourth-order valence-electron chi connectivity index (χ4n) is 2.61. The van der Waals surface area contributed by atoms with Gasteiger partial charge in [0.15, 0.2) is 0 Å². The molecule has 0 fully saturated rings. The molecular formula is C17H16BrClO2. The van der Waals surface area contributed by atoms with Crippen molar-refractivity contribution in [1.82, 2.24) is 0 Å². The molecule has 1 unspecified atom stereocenters. The second-order valence-electron chi connectivity index (χ2n) is 5.10. The Morgan fingerprint density at radius 2 is 2.05 bits per heavy atom. The summed E-state index contributed by atoms with van der Waals surface area (Å²) in [5.41, 5.74) is 3.58. The number of methoxy groups -OCH3 is 1. The zero-order chi connectivity index (χ0) is 14.8. The van der Waals surface area contributed by atoms with Gasteiger partial charge in [0.25, 0.3) is 0 Å². The molecule has 0 spiro atoms. The van der Waals surface area contributed by atoms with Crippen LogP contribution in [0.2, 0.25) is 5.02 Å². The summed E-state index contributed by atoms with van der Waals surface area (Å²) in [5, 5.41) is 0.772. The van der Waals surface area contributed by atoms with Crippen LogP contribution in [0, 0.1) is 0 Å². The molecule has 1 atom stereocenters. The van der Waals surface area contributed by atoms with Gasteiger partial charge in [0.2, 0.25) is 0 Å².